The van der Waals surface area contributed by atoms with Gasteiger partial charge in [-0.05, 0) is 45.1 Å². The van der Waals surface area contributed by atoms with Gasteiger partial charge in [0.2, 0.25) is 0 Å². The number of aryl methyl sites for hydroxylation is 1. The molecule has 0 spiro atoms. The highest BCUT2D eigenvalue weighted by molar-refractivity contribution is 5.16. The second kappa shape index (κ2) is 7.69. The Labute approximate surface area is 170 Å². The van der Waals surface area contributed by atoms with Gasteiger partial charge in [0.1, 0.15) is 11.6 Å². The van der Waals surface area contributed by atoms with Gasteiger partial charge in [-0.25, -0.2) is 13.9 Å². The lowest BCUT2D eigenvalue weighted by atomic mass is 9.99. The van der Waals surface area contributed by atoms with Crippen molar-refractivity contribution in [3.63, 3.8) is 0 Å². The molecule has 29 heavy (non-hydrogen) atoms. The van der Waals surface area contributed by atoms with Gasteiger partial charge >= 0.3 is 5.69 Å². The van der Waals surface area contributed by atoms with Crippen LogP contribution in [0.3, 0.4) is 0 Å². The van der Waals surface area contributed by atoms with E-state index in [-0.39, 0.29) is 23.7 Å². The molecular weight excluding hydrogens is 371 g/mol. The molecule has 0 amide bonds. The van der Waals surface area contributed by atoms with E-state index in [1.165, 1.54) is 18.9 Å². The van der Waals surface area contributed by atoms with Crippen LogP contribution in [0.4, 0.5) is 4.39 Å². The Kier molecular flexibility index (Phi) is 5.04. The predicted molar refractivity (Wildman–Crippen MR) is 107 cm³/mol. The lowest BCUT2D eigenvalue weighted by molar-refractivity contribution is -0.0320. The zero-order chi connectivity index (χ0) is 20.0. The van der Waals surface area contributed by atoms with Crippen molar-refractivity contribution in [2.45, 2.75) is 82.8 Å². The Hall–Kier alpha value is -1.99. The highest BCUT2D eigenvalue weighted by atomic mass is 19.1. The second-order valence-corrected chi connectivity index (χ2v) is 8.83. The van der Waals surface area contributed by atoms with Crippen molar-refractivity contribution in [2.75, 3.05) is 6.54 Å². The first-order valence-electron chi connectivity index (χ1n) is 10.9. The van der Waals surface area contributed by atoms with Gasteiger partial charge in [0, 0.05) is 37.2 Å². The van der Waals surface area contributed by atoms with Crippen molar-refractivity contribution < 1.29 is 9.13 Å². The Bertz CT molecular complexity index is 925. The zero-order valence-electron chi connectivity index (χ0n) is 17.0. The van der Waals surface area contributed by atoms with Crippen LogP contribution >= 0.6 is 0 Å². The van der Waals surface area contributed by atoms with Gasteiger partial charge in [-0.1, -0.05) is 18.2 Å². The lowest BCUT2D eigenvalue weighted by Gasteiger charge is -2.40. The van der Waals surface area contributed by atoms with Gasteiger partial charge in [-0.2, -0.15) is 5.10 Å². The van der Waals surface area contributed by atoms with E-state index in [0.29, 0.717) is 24.3 Å². The minimum atomic E-state index is -0.195. The average molecular weight is 400 g/mol. The zero-order valence-corrected chi connectivity index (χ0v) is 17.0. The molecule has 1 aromatic heterocycles. The van der Waals surface area contributed by atoms with E-state index in [1.54, 1.807) is 16.8 Å². The first-order valence-corrected chi connectivity index (χ1v) is 10.9. The van der Waals surface area contributed by atoms with Gasteiger partial charge in [0.15, 0.2) is 0 Å². The lowest BCUT2D eigenvalue weighted by Crippen LogP contribution is -2.48. The topological polar surface area (TPSA) is 52.3 Å². The molecular formula is C22H29FN4O2. The van der Waals surface area contributed by atoms with Crippen molar-refractivity contribution in [3.05, 3.63) is 52.0 Å². The molecule has 1 aromatic carbocycles. The maximum absolute atomic E-state index is 13.8. The molecule has 3 aliphatic rings. The van der Waals surface area contributed by atoms with E-state index in [2.05, 4.69) is 16.9 Å². The summed E-state index contributed by atoms with van der Waals surface area (Å²) >= 11 is 0. The molecule has 2 aromatic rings. The SMILES string of the molecule is CC(CN1C2CCC1CC(OCc1ccccc1F)C2)n1nc2n(c1=O)CCC2. The number of piperidine rings is 1. The van der Waals surface area contributed by atoms with Crippen molar-refractivity contribution >= 4 is 0 Å². The van der Waals surface area contributed by atoms with Gasteiger partial charge in [0.25, 0.3) is 0 Å². The molecule has 2 bridgehead atoms. The summed E-state index contributed by atoms with van der Waals surface area (Å²) in [4.78, 5) is 15.2. The monoisotopic (exact) mass is 400 g/mol. The van der Waals surface area contributed by atoms with Crippen LogP contribution in [0.2, 0.25) is 0 Å². The summed E-state index contributed by atoms with van der Waals surface area (Å²) in [5.41, 5.74) is 0.670. The molecule has 2 saturated heterocycles. The highest BCUT2D eigenvalue weighted by Crippen LogP contribution is 2.38. The van der Waals surface area contributed by atoms with Crippen molar-refractivity contribution in [1.82, 2.24) is 19.2 Å². The van der Waals surface area contributed by atoms with Crippen LogP contribution in [-0.2, 0) is 24.3 Å². The van der Waals surface area contributed by atoms with Crippen LogP contribution in [0.1, 0.15) is 56.5 Å². The molecule has 3 unspecified atom stereocenters. The molecule has 5 rings (SSSR count). The summed E-state index contributed by atoms with van der Waals surface area (Å²) in [6.45, 7) is 4.09. The number of halogens is 1. The average Bonchev–Trinajstić information content (AvgIpc) is 3.35. The molecule has 0 saturated carbocycles. The van der Waals surface area contributed by atoms with Gasteiger partial charge in [0.05, 0.1) is 18.8 Å². The van der Waals surface area contributed by atoms with Crippen molar-refractivity contribution in [3.8, 4) is 0 Å². The first kappa shape index (κ1) is 19.0. The van der Waals surface area contributed by atoms with Crippen molar-refractivity contribution in [2.24, 2.45) is 0 Å². The third-order valence-electron chi connectivity index (χ3n) is 6.91. The van der Waals surface area contributed by atoms with Crippen molar-refractivity contribution in [1.29, 1.82) is 0 Å². The summed E-state index contributed by atoms with van der Waals surface area (Å²) in [6.07, 6.45) is 6.41. The smallest absolute Gasteiger partial charge is 0.346 e. The number of benzene rings is 1. The number of hydrogen-bond donors (Lipinski definition) is 0. The van der Waals surface area contributed by atoms with E-state index in [9.17, 15) is 9.18 Å². The molecule has 3 aliphatic heterocycles. The Morgan fingerprint density at radius 2 is 2.00 bits per heavy atom. The standard InChI is InChI=1S/C22H29FN4O2/c1-15(27-22(28)25-10-4-7-21(25)24-27)13-26-17-8-9-18(26)12-19(11-17)29-14-16-5-2-3-6-20(16)23/h2-3,5-6,15,17-19H,4,7-14H2,1H3. The Morgan fingerprint density at radius 3 is 2.72 bits per heavy atom. The van der Waals surface area contributed by atoms with E-state index < -0.39 is 0 Å². The first-order chi connectivity index (χ1) is 14.1. The molecule has 0 N–H and O–H groups in total. The predicted octanol–water partition coefficient (Wildman–Crippen LogP) is 2.90. The van der Waals surface area contributed by atoms with E-state index in [0.717, 1.165) is 44.6 Å². The third kappa shape index (κ3) is 3.55. The molecule has 6 nitrogen and oxygen atoms in total. The second-order valence-electron chi connectivity index (χ2n) is 8.83. The number of aromatic nitrogens is 3. The molecule has 0 aliphatic carbocycles. The fraction of sp³-hybridized carbons (Fsp3) is 0.636. The number of rotatable bonds is 6. The normalized spacial score (nSPS) is 27.3. The third-order valence-corrected chi connectivity index (χ3v) is 6.91. The summed E-state index contributed by atoms with van der Waals surface area (Å²) in [7, 11) is 0. The Morgan fingerprint density at radius 1 is 1.24 bits per heavy atom. The molecule has 7 heteroatoms. The number of hydrogen-bond acceptors (Lipinski definition) is 4. The van der Waals surface area contributed by atoms with E-state index >= 15 is 0 Å². The molecule has 3 atom stereocenters. The van der Waals surface area contributed by atoms with E-state index in [1.807, 2.05) is 10.6 Å². The number of ether oxygens (including phenoxy) is 1. The largest absolute Gasteiger partial charge is 0.373 e. The quantitative estimate of drug-likeness (QED) is 0.748. The number of fused-ring (bicyclic) bond motifs is 3. The summed E-state index contributed by atoms with van der Waals surface area (Å²) in [5.74, 6) is 0.740. The van der Waals surface area contributed by atoms with Crippen LogP contribution in [0.25, 0.3) is 0 Å². The van der Waals surface area contributed by atoms with Gasteiger partial charge in [-0.15, -0.1) is 0 Å². The fourth-order valence-electron chi connectivity index (χ4n) is 5.41. The van der Waals surface area contributed by atoms with E-state index in [4.69, 9.17) is 4.74 Å². The van der Waals surface area contributed by atoms with Crippen LogP contribution in [-0.4, -0.2) is 44.0 Å². The molecule has 0 radical (unpaired) electrons. The number of nitrogens with zero attached hydrogens (tertiary/aromatic N) is 4. The Balaban J connectivity index is 1.21. The summed E-state index contributed by atoms with van der Waals surface area (Å²) in [6, 6.07) is 7.86. The maximum Gasteiger partial charge on any atom is 0.346 e. The minimum Gasteiger partial charge on any atom is -0.373 e. The van der Waals surface area contributed by atoms with Crippen LogP contribution < -0.4 is 5.69 Å². The highest BCUT2D eigenvalue weighted by Gasteiger charge is 2.41. The molecule has 2 fully saturated rings. The summed E-state index contributed by atoms with van der Waals surface area (Å²) < 4.78 is 23.5. The van der Waals surface area contributed by atoms with Crippen LogP contribution in [0.15, 0.2) is 29.1 Å². The maximum atomic E-state index is 13.8. The van der Waals surface area contributed by atoms with Gasteiger partial charge in [-0.3, -0.25) is 9.47 Å². The minimum absolute atomic E-state index is 0.0421. The molecule has 156 valence electrons. The van der Waals surface area contributed by atoms with Crippen LogP contribution in [0, 0.1) is 5.82 Å². The fourth-order valence-corrected chi connectivity index (χ4v) is 5.41. The van der Waals surface area contributed by atoms with Gasteiger partial charge < -0.3 is 4.74 Å². The van der Waals surface area contributed by atoms with Crippen LogP contribution in [0.5, 0.6) is 0 Å². The molecule has 4 heterocycles. The summed E-state index contributed by atoms with van der Waals surface area (Å²) in [5, 5.41) is 4.59.